The Balaban J connectivity index is 2.66. The highest BCUT2D eigenvalue weighted by atomic mass is 35.5. The summed E-state index contributed by atoms with van der Waals surface area (Å²) in [6, 6.07) is 8.37. The predicted molar refractivity (Wildman–Crippen MR) is 76.7 cm³/mol. The molecule has 0 bridgehead atoms. The lowest BCUT2D eigenvalue weighted by Gasteiger charge is -2.12. The van der Waals surface area contributed by atoms with E-state index >= 15 is 0 Å². The topological polar surface area (TPSA) is 38.7 Å². The molecule has 0 aliphatic rings. The second kappa shape index (κ2) is 5.59. The predicted octanol–water partition coefficient (Wildman–Crippen LogP) is 4.38. The van der Waals surface area contributed by atoms with E-state index in [9.17, 15) is 5.11 Å². The van der Waals surface area contributed by atoms with Gasteiger partial charge in [0.2, 0.25) is 0 Å². The minimum atomic E-state index is -0.0581. The summed E-state index contributed by atoms with van der Waals surface area (Å²) in [5, 5.41) is 10.1. The molecule has 0 aliphatic carbocycles. The van der Waals surface area contributed by atoms with Crippen LogP contribution < -0.4 is 9.47 Å². The molecular formula is C14H12Cl2O3. The Morgan fingerprint density at radius 2 is 1.63 bits per heavy atom. The van der Waals surface area contributed by atoms with E-state index in [2.05, 4.69) is 0 Å². The SMILES string of the molecule is COc1ccc(OC)c(-c2cc(Cl)c(O)cc2Cl)c1. The number of hydrogen-bond donors (Lipinski definition) is 1. The van der Waals surface area contributed by atoms with Gasteiger partial charge in [-0.2, -0.15) is 0 Å². The highest BCUT2D eigenvalue weighted by Gasteiger charge is 2.13. The standard InChI is InChI=1S/C14H12Cl2O3/c1-18-8-3-4-14(19-2)10(5-8)9-6-12(16)13(17)7-11(9)15/h3-7,17H,1-2H3. The van der Waals surface area contributed by atoms with E-state index in [1.807, 2.05) is 0 Å². The van der Waals surface area contributed by atoms with Crippen LogP contribution in [0.4, 0.5) is 0 Å². The van der Waals surface area contributed by atoms with Crippen molar-refractivity contribution in [3.63, 3.8) is 0 Å². The number of aromatic hydroxyl groups is 1. The highest BCUT2D eigenvalue weighted by molar-refractivity contribution is 6.36. The van der Waals surface area contributed by atoms with Crippen molar-refractivity contribution in [2.75, 3.05) is 14.2 Å². The van der Waals surface area contributed by atoms with Crippen LogP contribution in [-0.2, 0) is 0 Å². The molecule has 0 radical (unpaired) electrons. The largest absolute Gasteiger partial charge is 0.506 e. The maximum atomic E-state index is 9.53. The monoisotopic (exact) mass is 298 g/mol. The Kier molecular flexibility index (Phi) is 4.08. The fourth-order valence-corrected chi connectivity index (χ4v) is 2.19. The molecule has 2 aromatic rings. The van der Waals surface area contributed by atoms with Gasteiger partial charge in [0.05, 0.1) is 24.3 Å². The molecule has 100 valence electrons. The van der Waals surface area contributed by atoms with Gasteiger partial charge in [0, 0.05) is 17.2 Å². The molecule has 1 N–H and O–H groups in total. The molecule has 0 heterocycles. The zero-order valence-corrected chi connectivity index (χ0v) is 11.9. The number of phenols is 1. The third-order valence-corrected chi connectivity index (χ3v) is 3.35. The summed E-state index contributed by atoms with van der Waals surface area (Å²) in [6.07, 6.45) is 0. The van der Waals surface area contributed by atoms with Gasteiger partial charge >= 0.3 is 0 Å². The van der Waals surface area contributed by atoms with Gasteiger partial charge < -0.3 is 14.6 Å². The van der Waals surface area contributed by atoms with E-state index in [4.69, 9.17) is 32.7 Å². The van der Waals surface area contributed by atoms with Gasteiger partial charge in [-0.3, -0.25) is 0 Å². The minimum absolute atomic E-state index is 0.0581. The second-order valence-corrected chi connectivity index (χ2v) is 4.66. The van der Waals surface area contributed by atoms with Gasteiger partial charge in [-0.15, -0.1) is 0 Å². The van der Waals surface area contributed by atoms with Crippen molar-refractivity contribution in [2.24, 2.45) is 0 Å². The molecule has 5 heteroatoms. The van der Waals surface area contributed by atoms with Crippen molar-refractivity contribution in [2.45, 2.75) is 0 Å². The Labute approximate surface area is 121 Å². The van der Waals surface area contributed by atoms with E-state index in [0.717, 1.165) is 5.56 Å². The van der Waals surface area contributed by atoms with Gasteiger partial charge in [0.15, 0.2) is 0 Å². The van der Waals surface area contributed by atoms with Crippen LogP contribution in [0.2, 0.25) is 10.0 Å². The number of methoxy groups -OCH3 is 2. The number of rotatable bonds is 3. The molecule has 0 saturated heterocycles. The smallest absolute Gasteiger partial charge is 0.135 e. The fourth-order valence-electron chi connectivity index (χ4n) is 1.77. The number of halogens is 2. The summed E-state index contributed by atoms with van der Waals surface area (Å²) in [7, 11) is 3.15. The Bertz CT molecular complexity index is 612. The molecule has 2 rings (SSSR count). The van der Waals surface area contributed by atoms with E-state index in [1.165, 1.54) is 6.07 Å². The molecule has 19 heavy (non-hydrogen) atoms. The molecule has 0 amide bonds. The highest BCUT2D eigenvalue weighted by Crippen LogP contribution is 2.41. The third-order valence-electron chi connectivity index (χ3n) is 2.73. The lowest BCUT2D eigenvalue weighted by molar-refractivity contribution is 0.404. The van der Waals surface area contributed by atoms with Crippen LogP contribution in [0.5, 0.6) is 17.2 Å². The molecule has 2 aromatic carbocycles. The number of ether oxygens (including phenoxy) is 2. The number of hydrogen-bond acceptors (Lipinski definition) is 3. The van der Waals surface area contributed by atoms with Gasteiger partial charge in [-0.25, -0.2) is 0 Å². The van der Waals surface area contributed by atoms with Crippen molar-refractivity contribution in [1.29, 1.82) is 0 Å². The van der Waals surface area contributed by atoms with Crippen LogP contribution >= 0.6 is 23.2 Å². The third kappa shape index (κ3) is 2.72. The van der Waals surface area contributed by atoms with Crippen molar-refractivity contribution in [1.82, 2.24) is 0 Å². The number of benzene rings is 2. The average Bonchev–Trinajstić information content (AvgIpc) is 2.42. The van der Waals surface area contributed by atoms with Crippen molar-refractivity contribution < 1.29 is 14.6 Å². The first-order valence-corrected chi connectivity index (χ1v) is 6.22. The average molecular weight is 299 g/mol. The van der Waals surface area contributed by atoms with Crippen LogP contribution in [-0.4, -0.2) is 19.3 Å². The fraction of sp³-hybridized carbons (Fsp3) is 0.143. The van der Waals surface area contributed by atoms with Crippen LogP contribution in [0.1, 0.15) is 0 Å². The maximum Gasteiger partial charge on any atom is 0.135 e. The first-order valence-electron chi connectivity index (χ1n) is 5.47. The van der Waals surface area contributed by atoms with Crippen molar-refractivity contribution in [3.8, 4) is 28.4 Å². The molecular weight excluding hydrogens is 287 g/mol. The van der Waals surface area contributed by atoms with Gasteiger partial charge in [0.1, 0.15) is 17.2 Å². The lowest BCUT2D eigenvalue weighted by atomic mass is 10.0. The van der Waals surface area contributed by atoms with E-state index in [1.54, 1.807) is 38.5 Å². The molecule has 0 saturated carbocycles. The number of phenolic OH excluding ortho intramolecular Hbond substituents is 1. The zero-order chi connectivity index (χ0) is 14.0. The van der Waals surface area contributed by atoms with Gasteiger partial charge in [0.25, 0.3) is 0 Å². The van der Waals surface area contributed by atoms with Crippen LogP contribution in [0, 0.1) is 0 Å². The molecule has 0 aliphatic heterocycles. The molecule has 0 spiro atoms. The Morgan fingerprint density at radius 1 is 0.895 bits per heavy atom. The van der Waals surface area contributed by atoms with Crippen molar-refractivity contribution in [3.05, 3.63) is 40.4 Å². The molecule has 3 nitrogen and oxygen atoms in total. The second-order valence-electron chi connectivity index (χ2n) is 3.85. The van der Waals surface area contributed by atoms with Gasteiger partial charge in [-0.1, -0.05) is 23.2 Å². The quantitative estimate of drug-likeness (QED) is 0.914. The summed E-state index contributed by atoms with van der Waals surface area (Å²) in [6.45, 7) is 0. The normalized spacial score (nSPS) is 10.3. The summed E-state index contributed by atoms with van der Waals surface area (Å²) in [4.78, 5) is 0. The van der Waals surface area contributed by atoms with E-state index in [-0.39, 0.29) is 10.8 Å². The Morgan fingerprint density at radius 3 is 2.26 bits per heavy atom. The van der Waals surface area contributed by atoms with Crippen LogP contribution in [0.15, 0.2) is 30.3 Å². The summed E-state index contributed by atoms with van der Waals surface area (Å²) in [5.74, 6) is 1.26. The van der Waals surface area contributed by atoms with Crippen molar-refractivity contribution >= 4 is 23.2 Å². The first kappa shape index (κ1) is 13.8. The molecule has 0 aromatic heterocycles. The molecule has 0 unspecified atom stereocenters. The van der Waals surface area contributed by atoms with Crippen LogP contribution in [0.25, 0.3) is 11.1 Å². The zero-order valence-electron chi connectivity index (χ0n) is 10.4. The minimum Gasteiger partial charge on any atom is -0.506 e. The summed E-state index contributed by atoms with van der Waals surface area (Å²) >= 11 is 12.1. The van der Waals surface area contributed by atoms with E-state index in [0.29, 0.717) is 22.1 Å². The van der Waals surface area contributed by atoms with Crippen LogP contribution in [0.3, 0.4) is 0 Å². The first-order chi connectivity index (χ1) is 9.06. The maximum absolute atomic E-state index is 9.53. The summed E-state index contributed by atoms with van der Waals surface area (Å²) in [5.41, 5.74) is 1.41. The van der Waals surface area contributed by atoms with E-state index < -0.39 is 0 Å². The van der Waals surface area contributed by atoms with Gasteiger partial charge in [-0.05, 0) is 24.3 Å². The lowest BCUT2D eigenvalue weighted by Crippen LogP contribution is -1.91. The molecule has 0 atom stereocenters. The summed E-state index contributed by atoms with van der Waals surface area (Å²) < 4.78 is 10.5. The molecule has 0 fully saturated rings. The Hall–Kier alpha value is -1.58.